The number of rotatable bonds is 3. The molecule has 1 aliphatic carbocycles. The van der Waals surface area contributed by atoms with Gasteiger partial charge in [0.05, 0.1) is 5.92 Å². The van der Waals surface area contributed by atoms with Crippen molar-refractivity contribution in [3.63, 3.8) is 0 Å². The lowest BCUT2D eigenvalue weighted by Crippen LogP contribution is -2.36. The van der Waals surface area contributed by atoms with Crippen molar-refractivity contribution in [1.29, 1.82) is 0 Å². The standard InChI is InChI=1S/C21H21N3O2S/c1-12-10-14-19(15(25)11-12)20(16-6-5-9-27-16)18(13(2)23-14)21(26)24-17-7-3-4-8-22-17/h3-9,12,20,23H,10-11H2,1-2H3,(H,22,24,26)/t12-,20-/m0/s1. The number of carbonyl (C=O) groups is 2. The van der Waals surface area contributed by atoms with Crippen molar-refractivity contribution in [2.75, 3.05) is 5.32 Å². The number of hydrogen-bond acceptors (Lipinski definition) is 5. The topological polar surface area (TPSA) is 71.1 Å². The smallest absolute Gasteiger partial charge is 0.255 e. The number of nitrogens with one attached hydrogen (secondary N) is 2. The maximum absolute atomic E-state index is 13.2. The Hall–Kier alpha value is -2.73. The third-order valence-corrected chi connectivity index (χ3v) is 5.95. The number of ketones is 1. The summed E-state index contributed by atoms with van der Waals surface area (Å²) in [4.78, 5) is 31.3. The zero-order chi connectivity index (χ0) is 19.0. The van der Waals surface area contributed by atoms with Crippen molar-refractivity contribution < 1.29 is 9.59 Å². The van der Waals surface area contributed by atoms with Gasteiger partial charge in [-0.1, -0.05) is 19.1 Å². The highest BCUT2D eigenvalue weighted by molar-refractivity contribution is 7.10. The van der Waals surface area contributed by atoms with E-state index in [1.54, 1.807) is 29.7 Å². The highest BCUT2D eigenvalue weighted by Crippen LogP contribution is 2.44. The number of nitrogens with zero attached hydrogens (tertiary/aromatic N) is 1. The summed E-state index contributed by atoms with van der Waals surface area (Å²) in [6.45, 7) is 3.99. The summed E-state index contributed by atoms with van der Waals surface area (Å²) in [7, 11) is 0. The summed E-state index contributed by atoms with van der Waals surface area (Å²) < 4.78 is 0. The van der Waals surface area contributed by atoms with Crippen LogP contribution in [0.15, 0.2) is 64.4 Å². The van der Waals surface area contributed by atoms with E-state index in [2.05, 4.69) is 22.5 Å². The Balaban J connectivity index is 1.77. The van der Waals surface area contributed by atoms with Crippen LogP contribution in [0, 0.1) is 5.92 Å². The maximum atomic E-state index is 13.2. The third-order valence-electron chi connectivity index (χ3n) is 5.01. The molecule has 0 fully saturated rings. The monoisotopic (exact) mass is 379 g/mol. The van der Waals surface area contributed by atoms with Crippen LogP contribution < -0.4 is 10.6 Å². The summed E-state index contributed by atoms with van der Waals surface area (Å²) in [5.41, 5.74) is 3.09. The van der Waals surface area contributed by atoms with Gasteiger partial charge in [-0.05, 0) is 42.8 Å². The molecule has 0 aromatic carbocycles. The van der Waals surface area contributed by atoms with Crippen LogP contribution in [-0.4, -0.2) is 16.7 Å². The van der Waals surface area contributed by atoms with Gasteiger partial charge < -0.3 is 10.6 Å². The predicted molar refractivity (Wildman–Crippen MR) is 106 cm³/mol. The molecule has 0 radical (unpaired) electrons. The summed E-state index contributed by atoms with van der Waals surface area (Å²) in [5, 5.41) is 8.21. The molecule has 2 aromatic rings. The molecule has 138 valence electrons. The normalized spacial score (nSPS) is 22.4. The van der Waals surface area contributed by atoms with Gasteiger partial charge in [0, 0.05) is 40.0 Å². The molecule has 0 spiro atoms. The van der Waals surface area contributed by atoms with E-state index in [0.29, 0.717) is 23.7 Å². The van der Waals surface area contributed by atoms with Crippen molar-refractivity contribution in [1.82, 2.24) is 10.3 Å². The first-order valence-corrected chi connectivity index (χ1v) is 9.92. The molecule has 0 unspecified atom stereocenters. The van der Waals surface area contributed by atoms with Gasteiger partial charge in [-0.15, -0.1) is 11.3 Å². The van der Waals surface area contributed by atoms with E-state index in [1.165, 1.54) is 0 Å². The number of allylic oxidation sites excluding steroid dienone is 3. The number of hydrogen-bond donors (Lipinski definition) is 2. The fraction of sp³-hybridized carbons (Fsp3) is 0.286. The molecule has 27 heavy (non-hydrogen) atoms. The van der Waals surface area contributed by atoms with Crippen molar-refractivity contribution >= 4 is 28.8 Å². The molecular weight excluding hydrogens is 358 g/mol. The summed E-state index contributed by atoms with van der Waals surface area (Å²) >= 11 is 1.57. The Labute approximate surface area is 162 Å². The van der Waals surface area contributed by atoms with E-state index in [4.69, 9.17) is 0 Å². The maximum Gasteiger partial charge on any atom is 0.255 e. The molecule has 2 aromatic heterocycles. The minimum atomic E-state index is -0.329. The van der Waals surface area contributed by atoms with Crippen LogP contribution in [0.3, 0.4) is 0 Å². The molecule has 2 atom stereocenters. The number of anilines is 1. The first kappa shape index (κ1) is 17.7. The number of carbonyl (C=O) groups excluding carboxylic acids is 2. The predicted octanol–water partition coefficient (Wildman–Crippen LogP) is 4.00. The zero-order valence-corrected chi connectivity index (χ0v) is 16.1. The molecule has 6 heteroatoms. The van der Waals surface area contributed by atoms with E-state index in [9.17, 15) is 9.59 Å². The lowest BCUT2D eigenvalue weighted by Gasteiger charge is -2.35. The minimum absolute atomic E-state index is 0.130. The van der Waals surface area contributed by atoms with Crippen molar-refractivity contribution in [2.45, 2.75) is 32.6 Å². The molecule has 0 saturated heterocycles. The second-order valence-corrected chi connectivity index (χ2v) is 8.09. The van der Waals surface area contributed by atoms with E-state index >= 15 is 0 Å². The second-order valence-electron chi connectivity index (χ2n) is 7.11. The molecule has 1 aliphatic heterocycles. The van der Waals surface area contributed by atoms with Gasteiger partial charge in [0.2, 0.25) is 0 Å². The fourth-order valence-corrected chi connectivity index (χ4v) is 4.74. The lowest BCUT2D eigenvalue weighted by atomic mass is 9.75. The molecular formula is C21H21N3O2S. The first-order chi connectivity index (χ1) is 13.0. The van der Waals surface area contributed by atoms with Crippen LogP contribution in [0.2, 0.25) is 0 Å². The minimum Gasteiger partial charge on any atom is -0.362 e. The van der Waals surface area contributed by atoms with Gasteiger partial charge in [0.25, 0.3) is 5.91 Å². The van der Waals surface area contributed by atoms with Crippen LogP contribution in [0.5, 0.6) is 0 Å². The quantitative estimate of drug-likeness (QED) is 0.846. The number of thiophene rings is 1. The average molecular weight is 379 g/mol. The Kier molecular flexibility index (Phi) is 4.66. The SMILES string of the molecule is CC1=C(C(=O)Nc2ccccn2)[C@H](c2cccs2)C2=C(C[C@H](C)CC2=O)N1. The molecule has 1 amide bonds. The van der Waals surface area contributed by atoms with Gasteiger partial charge >= 0.3 is 0 Å². The van der Waals surface area contributed by atoms with Crippen LogP contribution in [-0.2, 0) is 9.59 Å². The van der Waals surface area contributed by atoms with Gasteiger partial charge in [-0.25, -0.2) is 4.98 Å². The van der Waals surface area contributed by atoms with Crippen LogP contribution in [0.1, 0.15) is 37.5 Å². The highest BCUT2D eigenvalue weighted by atomic mass is 32.1. The summed E-state index contributed by atoms with van der Waals surface area (Å²) in [6.07, 6.45) is 2.99. The number of dihydropyridines is 1. The Morgan fingerprint density at radius 2 is 2.11 bits per heavy atom. The molecule has 0 saturated carbocycles. The Bertz CT molecular complexity index is 945. The molecule has 2 aliphatic rings. The zero-order valence-electron chi connectivity index (χ0n) is 15.3. The van der Waals surface area contributed by atoms with E-state index < -0.39 is 0 Å². The number of aromatic nitrogens is 1. The number of Topliss-reactive ketones (excluding diaryl/α,β-unsaturated/α-hetero) is 1. The van der Waals surface area contributed by atoms with Crippen molar-refractivity contribution in [3.8, 4) is 0 Å². The molecule has 0 bridgehead atoms. The largest absolute Gasteiger partial charge is 0.362 e. The van der Waals surface area contributed by atoms with Crippen LogP contribution in [0.4, 0.5) is 5.82 Å². The molecule has 2 N–H and O–H groups in total. The lowest BCUT2D eigenvalue weighted by molar-refractivity contribution is -0.117. The van der Waals surface area contributed by atoms with Gasteiger partial charge in [-0.3, -0.25) is 9.59 Å². The molecule has 5 nitrogen and oxygen atoms in total. The van der Waals surface area contributed by atoms with Gasteiger partial charge in [0.15, 0.2) is 5.78 Å². The second kappa shape index (κ2) is 7.12. The van der Waals surface area contributed by atoms with Crippen molar-refractivity contribution in [3.05, 3.63) is 69.3 Å². The van der Waals surface area contributed by atoms with Gasteiger partial charge in [0.1, 0.15) is 5.82 Å². The molecule has 4 rings (SSSR count). The van der Waals surface area contributed by atoms with E-state index in [1.807, 2.05) is 30.5 Å². The van der Waals surface area contributed by atoms with Crippen molar-refractivity contribution in [2.24, 2.45) is 5.92 Å². The summed E-state index contributed by atoms with van der Waals surface area (Å²) in [6, 6.07) is 9.34. The number of pyridine rings is 1. The third kappa shape index (κ3) is 3.32. The summed E-state index contributed by atoms with van der Waals surface area (Å²) in [5.74, 6) is 0.380. The van der Waals surface area contributed by atoms with Gasteiger partial charge in [-0.2, -0.15) is 0 Å². The average Bonchev–Trinajstić information content (AvgIpc) is 3.15. The van der Waals surface area contributed by atoms with E-state index in [0.717, 1.165) is 28.3 Å². The first-order valence-electron chi connectivity index (χ1n) is 9.04. The fourth-order valence-electron chi connectivity index (χ4n) is 3.90. The molecule has 3 heterocycles. The van der Waals surface area contributed by atoms with Crippen LogP contribution in [0.25, 0.3) is 0 Å². The Morgan fingerprint density at radius 3 is 2.81 bits per heavy atom. The highest BCUT2D eigenvalue weighted by Gasteiger charge is 2.40. The Morgan fingerprint density at radius 1 is 1.26 bits per heavy atom. The number of amides is 1. The van der Waals surface area contributed by atoms with E-state index in [-0.39, 0.29) is 17.6 Å². The van der Waals surface area contributed by atoms with Crippen LogP contribution >= 0.6 is 11.3 Å².